The van der Waals surface area contributed by atoms with Gasteiger partial charge < -0.3 is 10.4 Å². The van der Waals surface area contributed by atoms with Crippen LogP contribution in [-0.2, 0) is 10.0 Å². The quantitative estimate of drug-likeness (QED) is 0.608. The molecule has 0 aliphatic heterocycles. The Bertz CT molecular complexity index is 935. The zero-order valence-corrected chi connectivity index (χ0v) is 17.1. The van der Waals surface area contributed by atoms with Crippen LogP contribution in [-0.4, -0.2) is 32.7 Å². The average Bonchev–Trinajstić information content (AvgIpc) is 3.17. The molecule has 1 fully saturated rings. The molecule has 29 heavy (non-hydrogen) atoms. The monoisotopic (exact) mass is 424 g/mol. The summed E-state index contributed by atoms with van der Waals surface area (Å²) in [6.45, 7) is 1.66. The summed E-state index contributed by atoms with van der Waals surface area (Å²) >= 11 is 0. The van der Waals surface area contributed by atoms with E-state index in [9.17, 15) is 17.2 Å². The van der Waals surface area contributed by atoms with Gasteiger partial charge in [-0.2, -0.15) is 0 Å². The lowest BCUT2D eigenvalue weighted by molar-refractivity contribution is 0.301. The summed E-state index contributed by atoms with van der Waals surface area (Å²) in [4.78, 5) is 0.175. The van der Waals surface area contributed by atoms with Gasteiger partial charge in [-0.25, -0.2) is 21.9 Å². The van der Waals surface area contributed by atoms with Gasteiger partial charge in [0, 0.05) is 18.6 Å². The van der Waals surface area contributed by atoms with Crippen molar-refractivity contribution in [1.82, 2.24) is 10.0 Å². The Morgan fingerprint density at radius 3 is 2.48 bits per heavy atom. The molecule has 2 aromatic rings. The van der Waals surface area contributed by atoms with Crippen LogP contribution in [0.15, 0.2) is 47.4 Å². The summed E-state index contributed by atoms with van der Waals surface area (Å²) in [6, 6.07) is 10.9. The highest BCUT2D eigenvalue weighted by molar-refractivity contribution is 7.89. The van der Waals surface area contributed by atoms with Gasteiger partial charge in [-0.15, -0.1) is 0 Å². The fraction of sp³-hybridized carbons (Fsp3) is 0.429. The van der Waals surface area contributed by atoms with Crippen LogP contribution < -0.4 is 10.0 Å². The van der Waals surface area contributed by atoms with Gasteiger partial charge in [0.2, 0.25) is 10.0 Å². The number of rotatable bonds is 8. The largest absolute Gasteiger partial charge is 0.395 e. The molecule has 0 bridgehead atoms. The molecule has 3 rings (SSSR count). The molecule has 0 amide bonds. The van der Waals surface area contributed by atoms with Gasteiger partial charge in [0.1, 0.15) is 0 Å². The van der Waals surface area contributed by atoms with E-state index in [1.165, 1.54) is 6.07 Å². The minimum Gasteiger partial charge on any atom is -0.395 e. The second-order valence-corrected chi connectivity index (χ2v) is 9.23. The molecule has 0 saturated heterocycles. The van der Waals surface area contributed by atoms with Gasteiger partial charge in [-0.05, 0) is 67.5 Å². The molecule has 2 aromatic carbocycles. The molecule has 0 spiro atoms. The van der Waals surface area contributed by atoms with Crippen LogP contribution in [0.4, 0.5) is 8.78 Å². The van der Waals surface area contributed by atoms with Crippen LogP contribution in [0.3, 0.4) is 0 Å². The Labute approximate surface area is 170 Å². The number of aliphatic hydroxyl groups excluding tert-OH is 1. The normalized spacial score (nSPS) is 20.7. The average molecular weight is 425 g/mol. The topological polar surface area (TPSA) is 78.4 Å². The maximum atomic E-state index is 13.5. The molecule has 0 radical (unpaired) electrons. The first kappa shape index (κ1) is 21.8. The molecule has 3 atom stereocenters. The van der Waals surface area contributed by atoms with E-state index in [4.69, 9.17) is 5.11 Å². The molecular formula is C21H26F2N2O3S. The van der Waals surface area contributed by atoms with Crippen LogP contribution in [0.5, 0.6) is 0 Å². The Morgan fingerprint density at radius 2 is 1.83 bits per heavy atom. The summed E-state index contributed by atoms with van der Waals surface area (Å²) in [6.07, 6.45) is 2.82. The van der Waals surface area contributed by atoms with E-state index in [-0.39, 0.29) is 30.1 Å². The van der Waals surface area contributed by atoms with E-state index in [1.54, 1.807) is 18.2 Å². The number of hydrogen-bond acceptors (Lipinski definition) is 4. The fourth-order valence-corrected chi connectivity index (χ4v) is 4.87. The number of benzene rings is 2. The van der Waals surface area contributed by atoms with Gasteiger partial charge in [-0.1, -0.05) is 18.2 Å². The second kappa shape index (κ2) is 9.30. The molecule has 3 N–H and O–H groups in total. The van der Waals surface area contributed by atoms with Crippen molar-refractivity contribution in [3.63, 3.8) is 0 Å². The van der Waals surface area contributed by atoms with Crippen LogP contribution in [0.1, 0.15) is 49.3 Å². The van der Waals surface area contributed by atoms with E-state index in [2.05, 4.69) is 10.0 Å². The van der Waals surface area contributed by atoms with Gasteiger partial charge in [0.25, 0.3) is 0 Å². The predicted octanol–water partition coefficient (Wildman–Crippen LogP) is 3.22. The highest BCUT2D eigenvalue weighted by Gasteiger charge is 2.27. The second-order valence-electron chi connectivity index (χ2n) is 7.46. The van der Waals surface area contributed by atoms with Crippen LogP contribution in [0, 0.1) is 11.6 Å². The van der Waals surface area contributed by atoms with Crippen molar-refractivity contribution >= 4 is 10.0 Å². The van der Waals surface area contributed by atoms with Crippen molar-refractivity contribution in [2.75, 3.05) is 13.2 Å². The van der Waals surface area contributed by atoms with Crippen LogP contribution >= 0.6 is 0 Å². The molecular weight excluding hydrogens is 398 g/mol. The maximum absolute atomic E-state index is 13.5. The summed E-state index contributed by atoms with van der Waals surface area (Å²) < 4.78 is 53.1. The van der Waals surface area contributed by atoms with Crippen molar-refractivity contribution in [3.8, 4) is 0 Å². The fourth-order valence-electron chi connectivity index (χ4n) is 3.85. The van der Waals surface area contributed by atoms with Crippen molar-refractivity contribution < 1.29 is 22.3 Å². The minimum atomic E-state index is -3.61. The lowest BCUT2D eigenvalue weighted by Gasteiger charge is -2.20. The standard InChI is InChI=1S/C21H26F2N2O3S/c1-14(16-5-9-20(22)21(23)13-16)25-18-6-2-17(12-18)15-3-7-19(8-4-15)29(27,28)24-10-11-26/h3-5,7-9,13-14,17-18,24-26H,2,6,10-12H2,1H3/t14-,17+,18?/m1/s1. The van der Waals surface area contributed by atoms with E-state index in [0.717, 1.165) is 30.9 Å². The number of sulfonamides is 1. The SMILES string of the molecule is C[C@@H](NC1CC[C@H](c2ccc(S(=O)(=O)NCCO)cc2)C1)c1ccc(F)c(F)c1. The number of halogens is 2. The number of nitrogens with one attached hydrogen (secondary N) is 2. The Morgan fingerprint density at radius 1 is 1.10 bits per heavy atom. The predicted molar refractivity (Wildman–Crippen MR) is 107 cm³/mol. The first-order valence-corrected chi connectivity index (χ1v) is 11.2. The van der Waals surface area contributed by atoms with Gasteiger partial charge in [-0.3, -0.25) is 0 Å². The van der Waals surface area contributed by atoms with Crippen LogP contribution in [0.2, 0.25) is 0 Å². The molecule has 158 valence electrons. The Balaban J connectivity index is 1.59. The number of hydrogen-bond donors (Lipinski definition) is 3. The minimum absolute atomic E-state index is 0.0177. The van der Waals surface area contributed by atoms with Gasteiger partial charge >= 0.3 is 0 Å². The van der Waals surface area contributed by atoms with Gasteiger partial charge in [0.15, 0.2) is 11.6 Å². The molecule has 1 aliphatic rings. The number of aliphatic hydroxyl groups is 1. The van der Waals surface area contributed by atoms with E-state index < -0.39 is 21.7 Å². The Kier molecular flexibility index (Phi) is 7.00. The third-order valence-electron chi connectivity index (χ3n) is 5.43. The molecule has 5 nitrogen and oxygen atoms in total. The summed E-state index contributed by atoms with van der Waals surface area (Å²) in [5.74, 6) is -1.38. The van der Waals surface area contributed by atoms with Crippen molar-refractivity contribution in [3.05, 3.63) is 65.2 Å². The molecule has 1 saturated carbocycles. The zero-order chi connectivity index (χ0) is 21.0. The smallest absolute Gasteiger partial charge is 0.240 e. The highest BCUT2D eigenvalue weighted by atomic mass is 32.2. The highest BCUT2D eigenvalue weighted by Crippen LogP contribution is 2.35. The summed E-state index contributed by atoms with van der Waals surface area (Å²) in [7, 11) is -3.61. The van der Waals surface area contributed by atoms with Crippen LogP contribution in [0.25, 0.3) is 0 Å². The van der Waals surface area contributed by atoms with E-state index in [1.807, 2.05) is 19.1 Å². The van der Waals surface area contributed by atoms with Crippen molar-refractivity contribution in [2.45, 2.75) is 49.1 Å². The van der Waals surface area contributed by atoms with Crippen molar-refractivity contribution in [2.24, 2.45) is 0 Å². The lowest BCUT2D eigenvalue weighted by atomic mass is 9.97. The summed E-state index contributed by atoms with van der Waals surface area (Å²) in [5.41, 5.74) is 1.79. The first-order chi connectivity index (χ1) is 13.8. The molecule has 1 aliphatic carbocycles. The van der Waals surface area contributed by atoms with E-state index >= 15 is 0 Å². The van der Waals surface area contributed by atoms with Gasteiger partial charge in [0.05, 0.1) is 11.5 Å². The summed E-state index contributed by atoms with van der Waals surface area (Å²) in [5, 5.41) is 12.3. The Hall–Kier alpha value is -1.87. The van der Waals surface area contributed by atoms with Crippen molar-refractivity contribution in [1.29, 1.82) is 0 Å². The maximum Gasteiger partial charge on any atom is 0.240 e. The first-order valence-electron chi connectivity index (χ1n) is 9.71. The zero-order valence-electron chi connectivity index (χ0n) is 16.2. The van der Waals surface area contributed by atoms with E-state index in [0.29, 0.717) is 11.5 Å². The third-order valence-corrected chi connectivity index (χ3v) is 6.90. The lowest BCUT2D eigenvalue weighted by Crippen LogP contribution is -2.29. The molecule has 8 heteroatoms. The molecule has 0 aromatic heterocycles. The molecule has 1 unspecified atom stereocenters. The molecule has 0 heterocycles. The third kappa shape index (κ3) is 5.39.